The van der Waals surface area contributed by atoms with Crippen LogP contribution in [-0.2, 0) is 4.74 Å². The number of ether oxygens (including phenoxy) is 1. The monoisotopic (exact) mass is 353 g/mol. The maximum Gasteiger partial charge on any atom is 0.255 e. The molecule has 0 bridgehead atoms. The minimum Gasteiger partial charge on any atom is -0.376 e. The van der Waals surface area contributed by atoms with E-state index in [-0.39, 0.29) is 29.8 Å². The van der Waals surface area contributed by atoms with Gasteiger partial charge in [0.1, 0.15) is 0 Å². The van der Waals surface area contributed by atoms with Crippen LogP contribution in [0.2, 0.25) is 0 Å². The lowest BCUT2D eigenvalue weighted by Crippen LogP contribution is -2.35. The van der Waals surface area contributed by atoms with Crippen molar-refractivity contribution in [3.05, 3.63) is 54.1 Å². The van der Waals surface area contributed by atoms with Gasteiger partial charge in [-0.2, -0.15) is 10.2 Å². The lowest BCUT2D eigenvalue weighted by Gasteiger charge is -2.20. The van der Waals surface area contributed by atoms with Gasteiger partial charge in [-0.15, -0.1) is 0 Å². The first-order valence-corrected chi connectivity index (χ1v) is 8.58. The molecule has 2 amide bonds. The van der Waals surface area contributed by atoms with Crippen LogP contribution < -0.4 is 5.32 Å². The maximum absolute atomic E-state index is 12.6. The topological polar surface area (TPSA) is 97.3 Å². The van der Waals surface area contributed by atoms with E-state index in [2.05, 4.69) is 20.5 Å². The Morgan fingerprint density at radius 3 is 2.69 bits per heavy atom. The summed E-state index contributed by atoms with van der Waals surface area (Å²) in [5.74, 6) is 0.243. The summed E-state index contributed by atoms with van der Waals surface area (Å²) < 4.78 is 5.86. The summed E-state index contributed by atoms with van der Waals surface area (Å²) in [5.41, 5.74) is 1.12. The van der Waals surface area contributed by atoms with E-state index in [4.69, 9.17) is 4.74 Å². The second-order valence-corrected chi connectivity index (χ2v) is 6.58. The molecule has 0 spiro atoms. The highest BCUT2D eigenvalue weighted by atomic mass is 16.5. The van der Waals surface area contributed by atoms with Gasteiger partial charge in [-0.3, -0.25) is 14.6 Å². The summed E-state index contributed by atoms with van der Waals surface area (Å²) in [5, 5.41) is 10.4. The average Bonchev–Trinajstić information content (AvgIpc) is 3.28. The molecule has 8 nitrogen and oxygen atoms in total. The van der Waals surface area contributed by atoms with Crippen molar-refractivity contribution in [2.24, 2.45) is 11.8 Å². The van der Waals surface area contributed by atoms with Gasteiger partial charge in [0, 0.05) is 49.4 Å². The van der Waals surface area contributed by atoms with Crippen LogP contribution in [-0.4, -0.2) is 64.2 Å². The fourth-order valence-corrected chi connectivity index (χ4v) is 3.60. The zero-order chi connectivity index (χ0) is 17.9. The second-order valence-electron chi connectivity index (χ2n) is 6.58. The number of hydrogen-bond donors (Lipinski definition) is 1. The molecule has 2 aromatic rings. The molecule has 26 heavy (non-hydrogen) atoms. The lowest BCUT2D eigenvalue weighted by atomic mass is 9.93. The van der Waals surface area contributed by atoms with Crippen molar-refractivity contribution in [1.82, 2.24) is 25.4 Å². The highest BCUT2D eigenvalue weighted by Gasteiger charge is 2.45. The number of amides is 2. The quantitative estimate of drug-likeness (QED) is 0.854. The van der Waals surface area contributed by atoms with Gasteiger partial charge in [0.25, 0.3) is 11.8 Å². The van der Waals surface area contributed by atoms with Gasteiger partial charge < -0.3 is 15.0 Å². The molecule has 134 valence electrons. The standard InChI is InChI=1S/C18H19N5O3/c24-17(12-1-4-19-5-2-12)20-7-14-11-26-16-10-23(9-15(14)16)18(25)13-3-6-21-22-8-13/h1-6,8,14-16H,7,9-11H2,(H,20,24)/t14-,15+,16+/m0/s1. The number of carbonyl (C=O) groups excluding carboxylic acids is 2. The van der Waals surface area contributed by atoms with E-state index < -0.39 is 0 Å². The molecule has 3 atom stereocenters. The van der Waals surface area contributed by atoms with E-state index in [1.807, 2.05) is 0 Å². The lowest BCUT2D eigenvalue weighted by molar-refractivity contribution is 0.0674. The van der Waals surface area contributed by atoms with Gasteiger partial charge in [-0.1, -0.05) is 0 Å². The van der Waals surface area contributed by atoms with E-state index in [0.717, 1.165) is 0 Å². The number of nitrogens with one attached hydrogen (secondary N) is 1. The first-order valence-electron chi connectivity index (χ1n) is 8.58. The molecule has 0 aliphatic carbocycles. The normalized spacial score (nSPS) is 24.3. The van der Waals surface area contributed by atoms with Crippen LogP contribution in [0.1, 0.15) is 20.7 Å². The Morgan fingerprint density at radius 2 is 1.92 bits per heavy atom. The van der Waals surface area contributed by atoms with E-state index in [0.29, 0.717) is 37.4 Å². The van der Waals surface area contributed by atoms with E-state index in [1.165, 1.54) is 12.4 Å². The SMILES string of the molecule is O=C(NC[C@H]1CO[C@@H]2CN(C(=O)c3ccnnc3)C[C@H]12)c1ccncc1. The fraction of sp³-hybridized carbons (Fsp3) is 0.389. The zero-order valence-electron chi connectivity index (χ0n) is 14.1. The number of likely N-dealkylation sites (tertiary alicyclic amines) is 1. The predicted molar refractivity (Wildman–Crippen MR) is 91.2 cm³/mol. The van der Waals surface area contributed by atoms with Crippen LogP contribution in [0.15, 0.2) is 43.0 Å². The highest BCUT2D eigenvalue weighted by molar-refractivity contribution is 5.94. The van der Waals surface area contributed by atoms with Crippen LogP contribution in [0, 0.1) is 11.8 Å². The smallest absolute Gasteiger partial charge is 0.255 e. The molecule has 0 radical (unpaired) electrons. The maximum atomic E-state index is 12.6. The summed E-state index contributed by atoms with van der Waals surface area (Å²) >= 11 is 0. The molecule has 2 aliphatic rings. The molecule has 0 unspecified atom stereocenters. The van der Waals surface area contributed by atoms with Crippen molar-refractivity contribution in [1.29, 1.82) is 0 Å². The molecular formula is C18H19N5O3. The predicted octanol–water partition coefficient (Wildman–Crippen LogP) is 0.389. The van der Waals surface area contributed by atoms with Crippen molar-refractivity contribution < 1.29 is 14.3 Å². The van der Waals surface area contributed by atoms with E-state index in [1.54, 1.807) is 35.5 Å². The molecular weight excluding hydrogens is 334 g/mol. The Morgan fingerprint density at radius 1 is 1.12 bits per heavy atom. The van der Waals surface area contributed by atoms with Crippen LogP contribution in [0.5, 0.6) is 0 Å². The van der Waals surface area contributed by atoms with Gasteiger partial charge >= 0.3 is 0 Å². The van der Waals surface area contributed by atoms with Gasteiger partial charge in [0.2, 0.25) is 0 Å². The molecule has 0 aromatic carbocycles. The van der Waals surface area contributed by atoms with Crippen molar-refractivity contribution in [2.75, 3.05) is 26.2 Å². The van der Waals surface area contributed by atoms with Crippen molar-refractivity contribution in [3.8, 4) is 0 Å². The Kier molecular flexibility index (Phi) is 4.57. The molecule has 2 fully saturated rings. The molecule has 1 N–H and O–H groups in total. The summed E-state index contributed by atoms with van der Waals surface area (Å²) in [6, 6.07) is 5.03. The molecule has 2 aliphatic heterocycles. The zero-order valence-corrected chi connectivity index (χ0v) is 14.1. The third-order valence-electron chi connectivity index (χ3n) is 5.02. The van der Waals surface area contributed by atoms with Gasteiger partial charge in [0.05, 0.1) is 30.7 Å². The van der Waals surface area contributed by atoms with Gasteiger partial charge in [-0.05, 0) is 18.2 Å². The summed E-state index contributed by atoms with van der Waals surface area (Å²) in [6.07, 6.45) is 6.20. The number of fused-ring (bicyclic) bond motifs is 1. The molecule has 2 aromatic heterocycles. The first-order chi connectivity index (χ1) is 12.7. The molecule has 4 heterocycles. The van der Waals surface area contributed by atoms with Crippen molar-refractivity contribution in [3.63, 3.8) is 0 Å². The van der Waals surface area contributed by atoms with Crippen molar-refractivity contribution >= 4 is 11.8 Å². The van der Waals surface area contributed by atoms with E-state index in [9.17, 15) is 9.59 Å². The van der Waals surface area contributed by atoms with Crippen LogP contribution in [0.4, 0.5) is 0 Å². The molecule has 0 saturated carbocycles. The molecule has 8 heteroatoms. The van der Waals surface area contributed by atoms with Crippen LogP contribution >= 0.6 is 0 Å². The minimum absolute atomic E-state index is 0.0246. The summed E-state index contributed by atoms with van der Waals surface area (Å²) in [4.78, 5) is 30.5. The number of rotatable bonds is 4. The largest absolute Gasteiger partial charge is 0.376 e. The average molecular weight is 353 g/mol. The Bertz CT molecular complexity index is 786. The third-order valence-corrected chi connectivity index (χ3v) is 5.02. The Balaban J connectivity index is 1.35. The number of hydrogen-bond acceptors (Lipinski definition) is 6. The number of pyridine rings is 1. The Labute approximate surface area is 150 Å². The summed E-state index contributed by atoms with van der Waals surface area (Å²) in [6.45, 7) is 2.33. The second kappa shape index (κ2) is 7.17. The molecule has 4 rings (SSSR count). The summed E-state index contributed by atoms with van der Waals surface area (Å²) in [7, 11) is 0. The fourth-order valence-electron chi connectivity index (χ4n) is 3.60. The first kappa shape index (κ1) is 16.6. The third kappa shape index (κ3) is 3.28. The van der Waals surface area contributed by atoms with Crippen LogP contribution in [0.25, 0.3) is 0 Å². The Hall–Kier alpha value is -2.87. The highest BCUT2D eigenvalue weighted by Crippen LogP contribution is 2.34. The van der Waals surface area contributed by atoms with E-state index >= 15 is 0 Å². The number of carbonyl (C=O) groups is 2. The minimum atomic E-state index is -0.121. The van der Waals surface area contributed by atoms with Gasteiger partial charge in [-0.25, -0.2) is 0 Å². The van der Waals surface area contributed by atoms with Gasteiger partial charge in [0.15, 0.2) is 0 Å². The number of aromatic nitrogens is 3. The van der Waals surface area contributed by atoms with Crippen molar-refractivity contribution in [2.45, 2.75) is 6.10 Å². The van der Waals surface area contributed by atoms with Crippen LogP contribution in [0.3, 0.4) is 0 Å². The molecule has 2 saturated heterocycles. The number of nitrogens with zero attached hydrogens (tertiary/aromatic N) is 4.